The molecule has 5 nitrogen and oxygen atoms in total. The maximum Gasteiger partial charge on any atom is 0.228 e. The van der Waals surface area contributed by atoms with Crippen LogP contribution < -0.4 is 5.32 Å². The third-order valence-electron chi connectivity index (χ3n) is 4.42. The zero-order valence-corrected chi connectivity index (χ0v) is 12.7. The number of nitriles is 1. The van der Waals surface area contributed by atoms with Gasteiger partial charge in [0.2, 0.25) is 5.91 Å². The first-order valence-corrected chi connectivity index (χ1v) is 7.13. The maximum atomic E-state index is 12.5. The summed E-state index contributed by atoms with van der Waals surface area (Å²) in [4.78, 5) is 12.5. The van der Waals surface area contributed by atoms with E-state index in [0.717, 1.165) is 42.6 Å². The molecule has 1 aromatic rings. The Labute approximate surface area is 120 Å². The lowest BCUT2D eigenvalue weighted by Gasteiger charge is -2.24. The summed E-state index contributed by atoms with van der Waals surface area (Å²) < 4.78 is 1.80. The lowest BCUT2D eigenvalue weighted by Crippen LogP contribution is -2.46. The van der Waals surface area contributed by atoms with Gasteiger partial charge in [-0.25, -0.2) is 0 Å². The molecule has 1 heterocycles. The molecule has 108 valence electrons. The van der Waals surface area contributed by atoms with E-state index in [1.165, 1.54) is 0 Å². The standard InChI is InChI=1S/C15H22N4O/c1-10(13-11(2)18-19(4)12(13)3)14(20)17-15(9-16)7-5-6-8-15/h10H,5-8H2,1-4H3,(H,17,20)/t10-/m0/s1. The van der Waals surface area contributed by atoms with Gasteiger partial charge in [-0.1, -0.05) is 0 Å². The summed E-state index contributed by atoms with van der Waals surface area (Å²) in [6, 6.07) is 2.30. The second kappa shape index (κ2) is 5.28. The van der Waals surface area contributed by atoms with Crippen LogP contribution in [-0.4, -0.2) is 21.2 Å². The number of carbonyl (C=O) groups is 1. The minimum Gasteiger partial charge on any atom is -0.337 e. The Bertz CT molecular complexity index is 561. The Balaban J connectivity index is 2.19. The Morgan fingerprint density at radius 3 is 2.50 bits per heavy atom. The number of hydrogen-bond acceptors (Lipinski definition) is 3. The highest BCUT2D eigenvalue weighted by Crippen LogP contribution is 2.30. The molecule has 0 aliphatic heterocycles. The number of carbonyl (C=O) groups excluding carboxylic acids is 1. The van der Waals surface area contributed by atoms with Crippen molar-refractivity contribution in [3.05, 3.63) is 17.0 Å². The fraction of sp³-hybridized carbons (Fsp3) is 0.667. The summed E-state index contributed by atoms with van der Waals surface area (Å²) in [5.74, 6) is -0.359. The fourth-order valence-electron chi connectivity index (χ4n) is 3.14. The van der Waals surface area contributed by atoms with Crippen LogP contribution in [0.2, 0.25) is 0 Å². The molecule has 1 amide bonds. The van der Waals surface area contributed by atoms with Gasteiger partial charge in [0.25, 0.3) is 0 Å². The van der Waals surface area contributed by atoms with Crippen molar-refractivity contribution in [2.75, 3.05) is 0 Å². The zero-order valence-electron chi connectivity index (χ0n) is 12.7. The highest BCUT2D eigenvalue weighted by molar-refractivity contribution is 5.84. The summed E-state index contributed by atoms with van der Waals surface area (Å²) in [5, 5.41) is 16.7. The third kappa shape index (κ3) is 2.43. The van der Waals surface area contributed by atoms with Crippen LogP contribution in [0.5, 0.6) is 0 Å². The average molecular weight is 274 g/mol. The quantitative estimate of drug-likeness (QED) is 0.917. The SMILES string of the molecule is Cc1nn(C)c(C)c1[C@H](C)C(=O)NC1(C#N)CCCC1. The van der Waals surface area contributed by atoms with Crippen LogP contribution in [0.3, 0.4) is 0 Å². The van der Waals surface area contributed by atoms with Gasteiger partial charge in [-0.2, -0.15) is 10.4 Å². The van der Waals surface area contributed by atoms with Crippen molar-refractivity contribution in [3.63, 3.8) is 0 Å². The minimum atomic E-state index is -0.657. The van der Waals surface area contributed by atoms with Crippen molar-refractivity contribution in [2.24, 2.45) is 7.05 Å². The topological polar surface area (TPSA) is 70.7 Å². The van der Waals surface area contributed by atoms with Crippen molar-refractivity contribution in [3.8, 4) is 6.07 Å². The van der Waals surface area contributed by atoms with E-state index >= 15 is 0 Å². The van der Waals surface area contributed by atoms with Crippen LogP contribution in [0, 0.1) is 25.2 Å². The zero-order chi connectivity index (χ0) is 14.9. The molecule has 1 aliphatic carbocycles. The van der Waals surface area contributed by atoms with E-state index in [2.05, 4.69) is 16.5 Å². The van der Waals surface area contributed by atoms with E-state index in [9.17, 15) is 10.1 Å². The van der Waals surface area contributed by atoms with Gasteiger partial charge in [-0.05, 0) is 46.5 Å². The molecule has 1 atom stereocenters. The predicted molar refractivity (Wildman–Crippen MR) is 76.1 cm³/mol. The van der Waals surface area contributed by atoms with Crippen LogP contribution in [0.15, 0.2) is 0 Å². The van der Waals surface area contributed by atoms with Crippen molar-refractivity contribution < 1.29 is 4.79 Å². The Kier molecular flexibility index (Phi) is 3.85. The number of rotatable bonds is 3. The predicted octanol–water partition coefficient (Wildman–Crippen LogP) is 2.09. The Morgan fingerprint density at radius 2 is 2.05 bits per heavy atom. The smallest absolute Gasteiger partial charge is 0.228 e. The van der Waals surface area contributed by atoms with Crippen LogP contribution in [0.1, 0.15) is 55.5 Å². The van der Waals surface area contributed by atoms with Gasteiger partial charge >= 0.3 is 0 Å². The highest BCUT2D eigenvalue weighted by atomic mass is 16.2. The molecule has 0 radical (unpaired) electrons. The fourth-order valence-corrected chi connectivity index (χ4v) is 3.14. The second-order valence-electron chi connectivity index (χ2n) is 5.82. The molecular formula is C15H22N4O. The molecule has 0 bridgehead atoms. The van der Waals surface area contributed by atoms with Crippen LogP contribution in [0.4, 0.5) is 0 Å². The van der Waals surface area contributed by atoms with E-state index in [1.807, 2.05) is 27.8 Å². The molecule has 1 N–H and O–H groups in total. The van der Waals surface area contributed by atoms with Crippen molar-refractivity contribution in [1.82, 2.24) is 15.1 Å². The van der Waals surface area contributed by atoms with Gasteiger partial charge < -0.3 is 5.32 Å². The summed E-state index contributed by atoms with van der Waals surface area (Å²) in [6.45, 7) is 5.77. The Morgan fingerprint density at radius 1 is 1.45 bits per heavy atom. The number of aryl methyl sites for hydroxylation is 2. The number of nitrogens with zero attached hydrogens (tertiary/aromatic N) is 3. The molecular weight excluding hydrogens is 252 g/mol. The molecule has 0 spiro atoms. The van der Waals surface area contributed by atoms with Gasteiger partial charge in [-0.3, -0.25) is 9.48 Å². The van der Waals surface area contributed by atoms with Gasteiger partial charge in [-0.15, -0.1) is 0 Å². The van der Waals surface area contributed by atoms with E-state index in [-0.39, 0.29) is 11.8 Å². The van der Waals surface area contributed by atoms with E-state index in [4.69, 9.17) is 0 Å². The summed E-state index contributed by atoms with van der Waals surface area (Å²) in [5.41, 5.74) is 2.19. The number of amides is 1. The lowest BCUT2D eigenvalue weighted by molar-refractivity contribution is -0.123. The summed E-state index contributed by atoms with van der Waals surface area (Å²) in [7, 11) is 1.88. The molecule has 1 aromatic heterocycles. The molecule has 20 heavy (non-hydrogen) atoms. The molecule has 2 rings (SSSR count). The largest absolute Gasteiger partial charge is 0.337 e. The van der Waals surface area contributed by atoms with Gasteiger partial charge in [0, 0.05) is 18.3 Å². The van der Waals surface area contributed by atoms with Crippen LogP contribution in [-0.2, 0) is 11.8 Å². The first-order valence-electron chi connectivity index (χ1n) is 7.13. The van der Waals surface area contributed by atoms with Gasteiger partial charge in [0.1, 0.15) is 5.54 Å². The monoisotopic (exact) mass is 274 g/mol. The molecule has 5 heteroatoms. The minimum absolute atomic E-state index is 0.0762. The van der Waals surface area contributed by atoms with Gasteiger partial charge in [0.15, 0.2) is 0 Å². The first kappa shape index (κ1) is 14.6. The molecule has 0 saturated heterocycles. The lowest BCUT2D eigenvalue weighted by atomic mass is 9.94. The van der Waals surface area contributed by atoms with Crippen LogP contribution >= 0.6 is 0 Å². The second-order valence-corrected chi connectivity index (χ2v) is 5.82. The normalized spacial score (nSPS) is 18.6. The molecule has 1 saturated carbocycles. The molecule has 1 aliphatic rings. The average Bonchev–Trinajstić information content (AvgIpc) is 2.96. The van der Waals surface area contributed by atoms with Crippen molar-refractivity contribution in [2.45, 2.75) is 57.9 Å². The summed E-state index contributed by atoms with van der Waals surface area (Å²) >= 11 is 0. The highest BCUT2D eigenvalue weighted by Gasteiger charge is 2.37. The molecule has 0 unspecified atom stereocenters. The summed E-state index contributed by atoms with van der Waals surface area (Å²) in [6.07, 6.45) is 3.53. The third-order valence-corrected chi connectivity index (χ3v) is 4.42. The number of aromatic nitrogens is 2. The molecule has 0 aromatic carbocycles. The molecule has 1 fully saturated rings. The number of nitrogens with one attached hydrogen (secondary N) is 1. The number of hydrogen-bond donors (Lipinski definition) is 1. The van der Waals surface area contributed by atoms with Crippen LogP contribution in [0.25, 0.3) is 0 Å². The Hall–Kier alpha value is -1.83. The van der Waals surface area contributed by atoms with E-state index < -0.39 is 5.54 Å². The first-order chi connectivity index (χ1) is 9.40. The maximum absolute atomic E-state index is 12.5. The van der Waals surface area contributed by atoms with Crippen molar-refractivity contribution >= 4 is 5.91 Å². The van der Waals surface area contributed by atoms with E-state index in [0.29, 0.717) is 0 Å². The van der Waals surface area contributed by atoms with E-state index in [1.54, 1.807) is 4.68 Å². The van der Waals surface area contributed by atoms with Gasteiger partial charge in [0.05, 0.1) is 17.7 Å². The van der Waals surface area contributed by atoms with Crippen molar-refractivity contribution in [1.29, 1.82) is 5.26 Å².